The van der Waals surface area contributed by atoms with E-state index in [0.29, 0.717) is 18.9 Å². The Balaban J connectivity index is 1.82. The molecular formula is C14H23N3O2. The lowest BCUT2D eigenvalue weighted by molar-refractivity contribution is -0.123. The number of rotatable bonds is 5. The lowest BCUT2D eigenvalue weighted by Crippen LogP contribution is -2.48. The third-order valence-electron chi connectivity index (χ3n) is 3.95. The van der Waals surface area contributed by atoms with Crippen molar-refractivity contribution in [2.45, 2.75) is 57.5 Å². The van der Waals surface area contributed by atoms with Crippen molar-refractivity contribution in [3.05, 3.63) is 17.8 Å². The number of carbonyl (C=O) groups is 1. The van der Waals surface area contributed by atoms with E-state index in [1.54, 1.807) is 6.20 Å². The summed E-state index contributed by atoms with van der Waals surface area (Å²) in [6, 6.07) is 0. The van der Waals surface area contributed by atoms with Crippen LogP contribution in [-0.2, 0) is 11.3 Å². The molecule has 0 aromatic carbocycles. The maximum absolute atomic E-state index is 12.0. The second kappa shape index (κ2) is 6.19. The predicted molar refractivity (Wildman–Crippen MR) is 72.6 cm³/mol. The van der Waals surface area contributed by atoms with Gasteiger partial charge in [-0.3, -0.25) is 4.79 Å². The Morgan fingerprint density at radius 2 is 2.16 bits per heavy atom. The van der Waals surface area contributed by atoms with Crippen molar-refractivity contribution in [2.24, 2.45) is 0 Å². The molecule has 0 spiro atoms. The highest BCUT2D eigenvalue weighted by molar-refractivity contribution is 5.77. The Kier molecular flexibility index (Phi) is 4.58. The topological polar surface area (TPSA) is 67.2 Å². The zero-order valence-corrected chi connectivity index (χ0v) is 11.8. The molecule has 1 aliphatic rings. The fourth-order valence-electron chi connectivity index (χ4n) is 2.77. The standard InChI is InChI=1S/C14H23N3O2/c1-11-9-17-13(19-11)10-16-12(18)8-14(15-2)6-4-3-5-7-14/h9,15H,3-8,10H2,1-2H3,(H,16,18). The minimum absolute atomic E-state index is 0.0190. The zero-order chi connectivity index (χ0) is 13.7. The van der Waals surface area contributed by atoms with Crippen molar-refractivity contribution in [1.82, 2.24) is 15.6 Å². The molecule has 0 radical (unpaired) electrons. The molecule has 106 valence electrons. The van der Waals surface area contributed by atoms with E-state index in [0.717, 1.165) is 18.6 Å². The number of hydrogen-bond acceptors (Lipinski definition) is 4. The molecule has 0 saturated heterocycles. The number of oxazole rings is 1. The summed E-state index contributed by atoms with van der Waals surface area (Å²) in [6.45, 7) is 2.21. The van der Waals surface area contributed by atoms with Crippen LogP contribution in [0.3, 0.4) is 0 Å². The molecule has 1 aromatic rings. The number of amides is 1. The lowest BCUT2D eigenvalue weighted by Gasteiger charge is -2.36. The monoisotopic (exact) mass is 265 g/mol. The summed E-state index contributed by atoms with van der Waals surface area (Å²) in [7, 11) is 1.95. The molecule has 1 amide bonds. The summed E-state index contributed by atoms with van der Waals surface area (Å²) in [5.41, 5.74) is -0.0190. The van der Waals surface area contributed by atoms with Crippen LogP contribution in [0.4, 0.5) is 0 Å². The van der Waals surface area contributed by atoms with Gasteiger partial charge in [-0.25, -0.2) is 4.98 Å². The van der Waals surface area contributed by atoms with E-state index in [1.807, 2.05) is 14.0 Å². The summed E-state index contributed by atoms with van der Waals surface area (Å²) in [4.78, 5) is 16.1. The maximum atomic E-state index is 12.0. The number of carbonyl (C=O) groups excluding carboxylic acids is 1. The van der Waals surface area contributed by atoms with E-state index in [4.69, 9.17) is 4.42 Å². The van der Waals surface area contributed by atoms with E-state index in [-0.39, 0.29) is 11.4 Å². The largest absolute Gasteiger partial charge is 0.444 e. The van der Waals surface area contributed by atoms with Crippen molar-refractivity contribution in [2.75, 3.05) is 7.05 Å². The van der Waals surface area contributed by atoms with Gasteiger partial charge in [0.05, 0.1) is 12.7 Å². The molecule has 5 heteroatoms. The molecule has 0 unspecified atom stereocenters. The molecular weight excluding hydrogens is 242 g/mol. The van der Waals surface area contributed by atoms with Gasteiger partial charge in [0, 0.05) is 12.0 Å². The Bertz CT molecular complexity index is 422. The highest BCUT2D eigenvalue weighted by Gasteiger charge is 2.32. The molecule has 1 aliphatic carbocycles. The highest BCUT2D eigenvalue weighted by Crippen LogP contribution is 2.30. The van der Waals surface area contributed by atoms with Gasteiger partial charge in [-0.15, -0.1) is 0 Å². The number of aromatic nitrogens is 1. The number of hydrogen-bond donors (Lipinski definition) is 2. The fourth-order valence-corrected chi connectivity index (χ4v) is 2.77. The van der Waals surface area contributed by atoms with E-state index in [1.165, 1.54) is 19.3 Å². The normalized spacial score (nSPS) is 18.2. The Labute approximate surface area is 114 Å². The molecule has 5 nitrogen and oxygen atoms in total. The van der Waals surface area contributed by atoms with Crippen molar-refractivity contribution >= 4 is 5.91 Å². The van der Waals surface area contributed by atoms with E-state index in [2.05, 4.69) is 15.6 Å². The van der Waals surface area contributed by atoms with Gasteiger partial charge >= 0.3 is 0 Å². The molecule has 0 bridgehead atoms. The maximum Gasteiger partial charge on any atom is 0.222 e. The molecule has 2 N–H and O–H groups in total. The minimum atomic E-state index is -0.0190. The zero-order valence-electron chi connectivity index (χ0n) is 11.8. The second-order valence-corrected chi connectivity index (χ2v) is 5.41. The molecule has 1 aromatic heterocycles. The third kappa shape index (κ3) is 3.80. The summed E-state index contributed by atoms with van der Waals surface area (Å²) >= 11 is 0. The van der Waals surface area contributed by atoms with Gasteiger partial charge in [0.2, 0.25) is 11.8 Å². The molecule has 1 saturated carbocycles. The third-order valence-corrected chi connectivity index (χ3v) is 3.95. The van der Waals surface area contributed by atoms with Gasteiger partial charge in [-0.2, -0.15) is 0 Å². The first-order chi connectivity index (χ1) is 9.13. The minimum Gasteiger partial charge on any atom is -0.444 e. The molecule has 0 aliphatic heterocycles. The molecule has 19 heavy (non-hydrogen) atoms. The molecule has 0 atom stereocenters. The van der Waals surface area contributed by atoms with E-state index < -0.39 is 0 Å². The van der Waals surface area contributed by atoms with Crippen molar-refractivity contribution in [1.29, 1.82) is 0 Å². The summed E-state index contributed by atoms with van der Waals surface area (Å²) < 4.78 is 5.33. The SMILES string of the molecule is CNC1(CC(=O)NCc2ncc(C)o2)CCCCC1. The predicted octanol–water partition coefficient (Wildman–Crippen LogP) is 1.91. The lowest BCUT2D eigenvalue weighted by atomic mass is 9.79. The Morgan fingerprint density at radius 3 is 2.74 bits per heavy atom. The molecule has 2 rings (SSSR count). The van der Waals surface area contributed by atoms with Gasteiger partial charge in [-0.1, -0.05) is 19.3 Å². The van der Waals surface area contributed by atoms with Crippen LogP contribution < -0.4 is 10.6 Å². The Morgan fingerprint density at radius 1 is 1.42 bits per heavy atom. The van der Waals surface area contributed by atoms with Crippen molar-refractivity contribution in [3.63, 3.8) is 0 Å². The quantitative estimate of drug-likeness (QED) is 0.853. The van der Waals surface area contributed by atoms with Crippen LogP contribution in [0, 0.1) is 6.92 Å². The molecule has 1 heterocycles. The Hall–Kier alpha value is -1.36. The van der Waals surface area contributed by atoms with Gasteiger partial charge in [0.1, 0.15) is 5.76 Å². The van der Waals surface area contributed by atoms with Crippen molar-refractivity contribution < 1.29 is 9.21 Å². The first-order valence-electron chi connectivity index (χ1n) is 7.00. The van der Waals surface area contributed by atoms with Crippen LogP contribution in [0.1, 0.15) is 50.2 Å². The number of nitrogens with zero attached hydrogens (tertiary/aromatic N) is 1. The average molecular weight is 265 g/mol. The van der Waals surface area contributed by atoms with E-state index >= 15 is 0 Å². The number of aryl methyl sites for hydroxylation is 1. The van der Waals surface area contributed by atoms with Gasteiger partial charge in [0.25, 0.3) is 0 Å². The van der Waals surface area contributed by atoms with Gasteiger partial charge in [0.15, 0.2) is 0 Å². The summed E-state index contributed by atoms with van der Waals surface area (Å²) in [6.07, 6.45) is 8.03. The van der Waals surface area contributed by atoms with Gasteiger partial charge < -0.3 is 15.1 Å². The van der Waals surface area contributed by atoms with Crippen LogP contribution >= 0.6 is 0 Å². The number of nitrogens with one attached hydrogen (secondary N) is 2. The first-order valence-corrected chi connectivity index (χ1v) is 7.00. The van der Waals surface area contributed by atoms with Gasteiger partial charge in [-0.05, 0) is 26.8 Å². The summed E-state index contributed by atoms with van der Waals surface area (Å²) in [5, 5.41) is 6.23. The average Bonchev–Trinajstić information content (AvgIpc) is 2.83. The smallest absolute Gasteiger partial charge is 0.222 e. The second-order valence-electron chi connectivity index (χ2n) is 5.41. The van der Waals surface area contributed by atoms with Crippen LogP contribution in [0.5, 0.6) is 0 Å². The van der Waals surface area contributed by atoms with Crippen LogP contribution in [0.25, 0.3) is 0 Å². The van der Waals surface area contributed by atoms with Crippen molar-refractivity contribution in [3.8, 4) is 0 Å². The first kappa shape index (κ1) is 14.1. The highest BCUT2D eigenvalue weighted by atomic mass is 16.4. The van der Waals surface area contributed by atoms with Crippen LogP contribution in [0.2, 0.25) is 0 Å². The summed E-state index contributed by atoms with van der Waals surface area (Å²) in [5.74, 6) is 1.39. The molecule has 1 fully saturated rings. The van der Waals surface area contributed by atoms with Crippen LogP contribution in [0.15, 0.2) is 10.6 Å². The fraction of sp³-hybridized carbons (Fsp3) is 0.714. The van der Waals surface area contributed by atoms with Crippen LogP contribution in [-0.4, -0.2) is 23.5 Å². The van der Waals surface area contributed by atoms with E-state index in [9.17, 15) is 4.79 Å².